The lowest BCUT2D eigenvalue weighted by molar-refractivity contribution is 0.191. The first-order valence-electron chi connectivity index (χ1n) is 8.86. The summed E-state index contributed by atoms with van der Waals surface area (Å²) in [7, 11) is 0. The Hall–Kier alpha value is -2.92. The number of para-hydroxylation sites is 1. The number of hydrogen-bond acceptors (Lipinski definition) is 6. The average Bonchev–Trinajstić information content (AvgIpc) is 3.10. The van der Waals surface area contributed by atoms with Gasteiger partial charge in [0.25, 0.3) is 0 Å². The van der Waals surface area contributed by atoms with Crippen molar-refractivity contribution in [3.05, 3.63) is 41.2 Å². The van der Waals surface area contributed by atoms with Gasteiger partial charge in [-0.1, -0.05) is 29.8 Å². The first-order valence-corrected chi connectivity index (χ1v) is 9.23. The number of carbonyl (C=O) groups excluding carboxylic acids is 1. The van der Waals surface area contributed by atoms with Crippen molar-refractivity contribution in [2.45, 2.75) is 18.9 Å². The number of nitriles is 1. The Balaban J connectivity index is 1.48. The van der Waals surface area contributed by atoms with E-state index >= 15 is 0 Å². The fourth-order valence-corrected chi connectivity index (χ4v) is 3.79. The van der Waals surface area contributed by atoms with Gasteiger partial charge in [-0.05, 0) is 25.0 Å². The zero-order chi connectivity index (χ0) is 18.8. The summed E-state index contributed by atoms with van der Waals surface area (Å²) >= 11 is 5.99. The molecule has 0 spiro atoms. The summed E-state index contributed by atoms with van der Waals surface area (Å²) in [6.45, 7) is 2.77. The summed E-state index contributed by atoms with van der Waals surface area (Å²) in [5.41, 5.74) is 0.936. The Morgan fingerprint density at radius 1 is 1.15 bits per heavy atom. The van der Waals surface area contributed by atoms with Crippen molar-refractivity contribution in [3.8, 4) is 6.07 Å². The first kappa shape index (κ1) is 17.5. The third-order valence-corrected chi connectivity index (χ3v) is 5.23. The zero-order valence-electron chi connectivity index (χ0n) is 14.6. The summed E-state index contributed by atoms with van der Waals surface area (Å²) in [6.07, 6.45) is 1.85. The molecule has 2 fully saturated rings. The van der Waals surface area contributed by atoms with E-state index < -0.39 is 0 Å². The minimum Gasteiger partial charge on any atom is -0.337 e. The lowest BCUT2D eigenvalue weighted by Gasteiger charge is -2.37. The molecule has 9 heteroatoms. The van der Waals surface area contributed by atoms with Gasteiger partial charge in [0.15, 0.2) is 10.8 Å². The molecule has 8 nitrogen and oxygen atoms in total. The molecule has 1 atom stereocenters. The van der Waals surface area contributed by atoms with E-state index in [9.17, 15) is 4.79 Å². The number of anilines is 2. The number of hydrogen-bond donors (Lipinski definition) is 0. The highest BCUT2D eigenvalue weighted by Crippen LogP contribution is 2.26. The topological polar surface area (TPSA) is 89.3 Å². The van der Waals surface area contributed by atoms with Gasteiger partial charge in [-0.15, -0.1) is 10.2 Å². The second kappa shape index (κ2) is 7.37. The van der Waals surface area contributed by atoms with Crippen LogP contribution >= 0.6 is 11.6 Å². The fraction of sp³-hybridized carbons (Fsp3) is 0.389. The lowest BCUT2D eigenvalue weighted by atomic mass is 10.0. The molecular formula is C18H18ClN7O. The van der Waals surface area contributed by atoms with E-state index in [1.54, 1.807) is 0 Å². The third kappa shape index (κ3) is 3.38. The monoisotopic (exact) mass is 383 g/mol. The van der Waals surface area contributed by atoms with Crippen molar-refractivity contribution >= 4 is 29.3 Å². The smallest absolute Gasteiger partial charge is 0.324 e. The second-order valence-corrected chi connectivity index (χ2v) is 6.93. The Kier molecular flexibility index (Phi) is 4.77. The quantitative estimate of drug-likeness (QED) is 0.807. The largest absolute Gasteiger partial charge is 0.337 e. The number of halogens is 1. The van der Waals surface area contributed by atoms with Crippen molar-refractivity contribution in [2.75, 3.05) is 36.0 Å². The molecule has 0 aliphatic carbocycles. The molecule has 27 heavy (non-hydrogen) atoms. The van der Waals surface area contributed by atoms with Gasteiger partial charge in [0.1, 0.15) is 6.07 Å². The maximum absolute atomic E-state index is 12.9. The summed E-state index contributed by atoms with van der Waals surface area (Å²) in [6, 6.07) is 11.7. The molecule has 0 radical (unpaired) electrons. The average molecular weight is 384 g/mol. The fourth-order valence-electron chi connectivity index (χ4n) is 3.63. The van der Waals surface area contributed by atoms with Gasteiger partial charge in [-0.25, -0.2) is 4.79 Å². The second-order valence-electron chi connectivity index (χ2n) is 6.57. The molecule has 2 aromatic rings. The molecule has 0 bridgehead atoms. The van der Waals surface area contributed by atoms with Gasteiger partial charge in [0.05, 0.1) is 6.04 Å². The SMILES string of the molecule is N#Cc1nnc(N2CCCC(N3CCN(c4ccccc4)C3=O)C2)nc1Cl. The van der Waals surface area contributed by atoms with Crippen LogP contribution in [0.3, 0.4) is 0 Å². The minimum atomic E-state index is 0.0159. The van der Waals surface area contributed by atoms with Crippen LogP contribution in [0, 0.1) is 11.3 Å². The maximum Gasteiger partial charge on any atom is 0.324 e. The van der Waals surface area contributed by atoms with Crippen LogP contribution in [-0.4, -0.2) is 58.3 Å². The lowest BCUT2D eigenvalue weighted by Crippen LogP contribution is -2.50. The first-order chi connectivity index (χ1) is 13.2. The van der Waals surface area contributed by atoms with Crippen molar-refractivity contribution < 1.29 is 4.79 Å². The Morgan fingerprint density at radius 2 is 1.96 bits per heavy atom. The van der Waals surface area contributed by atoms with E-state index in [4.69, 9.17) is 16.9 Å². The predicted octanol–water partition coefficient (Wildman–Crippen LogP) is 2.31. The van der Waals surface area contributed by atoms with Gasteiger partial charge < -0.3 is 9.80 Å². The standard InChI is InChI=1S/C18H18ClN7O/c19-16-15(11-20)22-23-17(21-16)24-8-4-7-14(12-24)26-10-9-25(18(26)27)13-5-2-1-3-6-13/h1-3,5-6,14H,4,7-10,12H2. The molecule has 0 N–H and O–H groups in total. The van der Waals surface area contributed by atoms with Gasteiger partial charge >= 0.3 is 6.03 Å². The highest BCUT2D eigenvalue weighted by Gasteiger charge is 2.37. The van der Waals surface area contributed by atoms with Gasteiger partial charge in [-0.3, -0.25) is 4.90 Å². The van der Waals surface area contributed by atoms with Crippen LogP contribution in [0.1, 0.15) is 18.5 Å². The van der Waals surface area contributed by atoms with Crippen LogP contribution < -0.4 is 9.80 Å². The molecule has 2 saturated heterocycles. The van der Waals surface area contributed by atoms with Crippen LogP contribution in [-0.2, 0) is 0 Å². The van der Waals surface area contributed by atoms with Gasteiger partial charge in [-0.2, -0.15) is 10.2 Å². The van der Waals surface area contributed by atoms with Crippen LogP contribution in [0.5, 0.6) is 0 Å². The number of carbonyl (C=O) groups is 1. The predicted molar refractivity (Wildman–Crippen MR) is 101 cm³/mol. The van der Waals surface area contributed by atoms with E-state index in [-0.39, 0.29) is 22.9 Å². The molecular weight excluding hydrogens is 366 g/mol. The van der Waals surface area contributed by atoms with Crippen LogP contribution in [0.25, 0.3) is 0 Å². The Morgan fingerprint density at radius 3 is 2.70 bits per heavy atom. The highest BCUT2D eigenvalue weighted by molar-refractivity contribution is 6.30. The number of aromatic nitrogens is 3. The molecule has 2 amide bonds. The molecule has 3 heterocycles. The molecule has 2 aliphatic heterocycles. The van der Waals surface area contributed by atoms with Crippen molar-refractivity contribution in [3.63, 3.8) is 0 Å². The van der Waals surface area contributed by atoms with E-state index in [2.05, 4.69) is 15.2 Å². The summed E-state index contributed by atoms with van der Waals surface area (Å²) < 4.78 is 0. The van der Waals surface area contributed by atoms with Crippen molar-refractivity contribution in [2.24, 2.45) is 0 Å². The van der Waals surface area contributed by atoms with Crippen molar-refractivity contribution in [1.82, 2.24) is 20.1 Å². The molecule has 2 aliphatic rings. The van der Waals surface area contributed by atoms with Crippen LogP contribution in [0.2, 0.25) is 5.15 Å². The number of nitrogens with zero attached hydrogens (tertiary/aromatic N) is 7. The normalized spacial score (nSPS) is 20.1. The summed E-state index contributed by atoms with van der Waals surface area (Å²) in [4.78, 5) is 22.8. The number of rotatable bonds is 3. The van der Waals surface area contributed by atoms with E-state index in [0.29, 0.717) is 25.6 Å². The summed E-state index contributed by atoms with van der Waals surface area (Å²) in [5.74, 6) is 0.398. The Labute approximate surface area is 162 Å². The molecule has 4 rings (SSSR count). The third-order valence-electron chi connectivity index (χ3n) is 4.97. The molecule has 138 valence electrons. The number of amides is 2. The van der Waals surface area contributed by atoms with Gasteiger partial charge in [0, 0.05) is 31.9 Å². The van der Waals surface area contributed by atoms with Crippen LogP contribution in [0.15, 0.2) is 30.3 Å². The molecule has 1 unspecified atom stereocenters. The Bertz CT molecular complexity index is 885. The number of piperidine rings is 1. The zero-order valence-corrected chi connectivity index (χ0v) is 15.4. The van der Waals surface area contributed by atoms with Crippen LogP contribution in [0.4, 0.5) is 16.4 Å². The number of benzene rings is 1. The van der Waals surface area contributed by atoms with Crippen molar-refractivity contribution in [1.29, 1.82) is 5.26 Å². The molecule has 1 aromatic heterocycles. The summed E-state index contributed by atoms with van der Waals surface area (Å²) in [5, 5.41) is 16.8. The maximum atomic E-state index is 12.9. The van der Waals surface area contributed by atoms with E-state index in [1.165, 1.54) is 0 Å². The minimum absolute atomic E-state index is 0.0159. The van der Waals surface area contributed by atoms with E-state index in [1.807, 2.05) is 51.1 Å². The number of urea groups is 1. The molecule has 1 aromatic carbocycles. The van der Waals surface area contributed by atoms with E-state index in [0.717, 1.165) is 25.1 Å². The highest BCUT2D eigenvalue weighted by atomic mass is 35.5. The van der Waals surface area contributed by atoms with Gasteiger partial charge in [0.2, 0.25) is 5.95 Å². The molecule has 0 saturated carbocycles.